The lowest BCUT2D eigenvalue weighted by atomic mass is 9.87. The monoisotopic (exact) mass is 338 g/mol. The van der Waals surface area contributed by atoms with Crippen molar-refractivity contribution in [1.82, 2.24) is 9.78 Å². The molecule has 0 fully saturated rings. The Morgan fingerprint density at radius 3 is 2.31 bits per heavy atom. The summed E-state index contributed by atoms with van der Waals surface area (Å²) in [7, 11) is 0. The molecular weight excluding hydrogens is 324 g/mol. The van der Waals surface area contributed by atoms with Crippen molar-refractivity contribution in [2.45, 2.75) is 6.92 Å². The van der Waals surface area contributed by atoms with Crippen molar-refractivity contribution < 1.29 is 9.59 Å². The predicted octanol–water partition coefficient (Wildman–Crippen LogP) is 4.24. The molecule has 1 aliphatic rings. The quantitative estimate of drug-likeness (QED) is 0.459. The van der Waals surface area contributed by atoms with Gasteiger partial charge in [0.05, 0.1) is 5.52 Å². The summed E-state index contributed by atoms with van der Waals surface area (Å²) in [5, 5.41) is 5.36. The molecule has 0 saturated heterocycles. The maximum atomic E-state index is 13.0. The number of hydrogen-bond donors (Lipinski definition) is 0. The van der Waals surface area contributed by atoms with Crippen molar-refractivity contribution in [1.29, 1.82) is 0 Å². The zero-order valence-electron chi connectivity index (χ0n) is 14.1. The van der Waals surface area contributed by atoms with Gasteiger partial charge in [0.15, 0.2) is 5.78 Å². The van der Waals surface area contributed by atoms with Crippen LogP contribution >= 0.6 is 0 Å². The Kier molecular flexibility index (Phi) is 2.97. The highest BCUT2D eigenvalue weighted by Crippen LogP contribution is 2.38. The van der Waals surface area contributed by atoms with Crippen molar-refractivity contribution in [3.63, 3.8) is 0 Å². The fourth-order valence-electron chi connectivity index (χ4n) is 3.55. The number of carbonyl (C=O) groups excluding carboxylic acids is 2. The van der Waals surface area contributed by atoms with Gasteiger partial charge in [-0.25, -0.2) is 0 Å². The molecule has 0 spiro atoms. The molecule has 0 atom stereocenters. The molecule has 124 valence electrons. The first-order valence-corrected chi connectivity index (χ1v) is 8.42. The Morgan fingerprint density at radius 1 is 0.846 bits per heavy atom. The average Bonchev–Trinajstić information content (AvgIpc) is 3.07. The van der Waals surface area contributed by atoms with E-state index in [4.69, 9.17) is 0 Å². The number of carbonyl (C=O) groups is 2. The minimum absolute atomic E-state index is 0.0268. The summed E-state index contributed by atoms with van der Waals surface area (Å²) in [5.74, 6) is -0.230. The fourth-order valence-corrected chi connectivity index (χ4v) is 3.55. The number of fused-ring (bicyclic) bond motifs is 2. The molecule has 4 aromatic rings. The van der Waals surface area contributed by atoms with Crippen LogP contribution in [-0.2, 0) is 0 Å². The van der Waals surface area contributed by atoms with Crippen LogP contribution in [0, 0.1) is 6.92 Å². The largest absolute Gasteiger partial charge is 0.289 e. The molecule has 1 aliphatic carbocycles. The Balaban J connectivity index is 1.80. The number of aryl methyl sites for hydroxylation is 1. The van der Waals surface area contributed by atoms with Crippen LogP contribution in [0.25, 0.3) is 22.2 Å². The lowest BCUT2D eigenvalue weighted by molar-refractivity contribution is 0.0950. The topological polar surface area (TPSA) is 52.0 Å². The van der Waals surface area contributed by atoms with Gasteiger partial charge in [0.25, 0.3) is 5.91 Å². The zero-order valence-corrected chi connectivity index (χ0v) is 14.1. The fraction of sp³-hybridized carbons (Fsp3) is 0.0455. The van der Waals surface area contributed by atoms with E-state index in [9.17, 15) is 9.59 Å². The summed E-state index contributed by atoms with van der Waals surface area (Å²) in [6, 6.07) is 20.3. The standard InChI is InChI=1S/C22H14N2O2/c1-13-9-11-14(12-10-13)22(26)24-18-8-4-7-17-19(18)20(23-24)15-5-2-3-6-16(15)21(17)25/h2-12H,1H3. The van der Waals surface area contributed by atoms with E-state index < -0.39 is 0 Å². The maximum absolute atomic E-state index is 13.0. The number of rotatable bonds is 1. The second kappa shape index (κ2) is 5.23. The Bertz CT molecular complexity index is 1220. The van der Waals surface area contributed by atoms with E-state index in [1.54, 1.807) is 30.3 Å². The van der Waals surface area contributed by atoms with Crippen LogP contribution in [-0.4, -0.2) is 21.5 Å². The molecule has 0 aliphatic heterocycles. The van der Waals surface area contributed by atoms with Gasteiger partial charge < -0.3 is 0 Å². The molecule has 26 heavy (non-hydrogen) atoms. The van der Waals surface area contributed by atoms with Crippen LogP contribution in [0.2, 0.25) is 0 Å². The number of benzene rings is 3. The van der Waals surface area contributed by atoms with Crippen molar-refractivity contribution in [2.75, 3.05) is 0 Å². The number of hydrogen-bond acceptors (Lipinski definition) is 3. The van der Waals surface area contributed by atoms with E-state index >= 15 is 0 Å². The highest BCUT2D eigenvalue weighted by molar-refractivity contribution is 6.25. The molecule has 0 amide bonds. The summed E-state index contributed by atoms with van der Waals surface area (Å²) in [5.41, 5.74) is 5.00. The van der Waals surface area contributed by atoms with Gasteiger partial charge in [-0.3, -0.25) is 9.59 Å². The highest BCUT2D eigenvalue weighted by atomic mass is 16.2. The van der Waals surface area contributed by atoms with Gasteiger partial charge in [0.2, 0.25) is 0 Å². The minimum atomic E-state index is -0.203. The van der Waals surface area contributed by atoms with E-state index in [1.165, 1.54) is 4.68 Å². The Morgan fingerprint density at radius 2 is 1.54 bits per heavy atom. The maximum Gasteiger partial charge on any atom is 0.278 e. The summed E-state index contributed by atoms with van der Waals surface area (Å²) < 4.78 is 1.41. The lowest BCUT2D eigenvalue weighted by Crippen LogP contribution is -2.13. The highest BCUT2D eigenvalue weighted by Gasteiger charge is 2.29. The summed E-state index contributed by atoms with van der Waals surface area (Å²) in [6.07, 6.45) is 0. The van der Waals surface area contributed by atoms with E-state index in [1.807, 2.05) is 43.3 Å². The van der Waals surface area contributed by atoms with Crippen LogP contribution in [0.5, 0.6) is 0 Å². The molecule has 5 rings (SSSR count). The first-order valence-electron chi connectivity index (χ1n) is 8.42. The Labute approximate surface area is 149 Å². The zero-order chi connectivity index (χ0) is 17.8. The predicted molar refractivity (Wildman–Crippen MR) is 99.5 cm³/mol. The first-order chi connectivity index (χ1) is 12.6. The number of nitrogens with zero attached hydrogens (tertiary/aromatic N) is 2. The molecule has 3 aromatic carbocycles. The van der Waals surface area contributed by atoms with Crippen LogP contribution in [0.4, 0.5) is 0 Å². The van der Waals surface area contributed by atoms with Gasteiger partial charge >= 0.3 is 0 Å². The van der Waals surface area contributed by atoms with Crippen molar-refractivity contribution in [3.05, 3.63) is 89.0 Å². The SMILES string of the molecule is Cc1ccc(C(=O)n2nc3c4c(cccc42)C(=O)c2ccccc2-3)cc1. The molecule has 4 heteroatoms. The number of aromatic nitrogens is 2. The smallest absolute Gasteiger partial charge is 0.278 e. The molecule has 0 radical (unpaired) electrons. The van der Waals surface area contributed by atoms with E-state index in [2.05, 4.69) is 5.10 Å². The summed E-state index contributed by atoms with van der Waals surface area (Å²) in [4.78, 5) is 25.9. The molecule has 0 unspecified atom stereocenters. The van der Waals surface area contributed by atoms with Gasteiger partial charge in [-0.2, -0.15) is 9.78 Å². The van der Waals surface area contributed by atoms with Gasteiger partial charge in [-0.1, -0.05) is 54.1 Å². The van der Waals surface area contributed by atoms with E-state index in [0.717, 1.165) is 16.5 Å². The molecule has 0 N–H and O–H groups in total. The third kappa shape index (κ3) is 1.93. The van der Waals surface area contributed by atoms with Crippen molar-refractivity contribution in [2.24, 2.45) is 0 Å². The third-order valence-corrected chi connectivity index (χ3v) is 4.87. The molecule has 4 nitrogen and oxygen atoms in total. The average molecular weight is 338 g/mol. The van der Waals surface area contributed by atoms with Gasteiger partial charge in [0.1, 0.15) is 5.69 Å². The van der Waals surface area contributed by atoms with Crippen LogP contribution in [0.15, 0.2) is 66.7 Å². The van der Waals surface area contributed by atoms with Crippen LogP contribution in [0.3, 0.4) is 0 Å². The number of ketones is 1. The third-order valence-electron chi connectivity index (χ3n) is 4.87. The van der Waals surface area contributed by atoms with E-state index in [0.29, 0.717) is 27.9 Å². The normalized spacial score (nSPS) is 12.3. The molecule has 0 saturated carbocycles. The summed E-state index contributed by atoms with van der Waals surface area (Å²) in [6.45, 7) is 1.98. The van der Waals surface area contributed by atoms with Gasteiger partial charge in [0, 0.05) is 27.6 Å². The van der Waals surface area contributed by atoms with Gasteiger partial charge in [-0.15, -0.1) is 0 Å². The van der Waals surface area contributed by atoms with E-state index in [-0.39, 0.29) is 11.7 Å². The first kappa shape index (κ1) is 14.8. The van der Waals surface area contributed by atoms with Crippen molar-refractivity contribution in [3.8, 4) is 11.3 Å². The van der Waals surface area contributed by atoms with Crippen molar-refractivity contribution >= 4 is 22.6 Å². The van der Waals surface area contributed by atoms with Gasteiger partial charge in [-0.05, 0) is 25.1 Å². The minimum Gasteiger partial charge on any atom is -0.289 e. The molecule has 1 heterocycles. The second-order valence-electron chi connectivity index (χ2n) is 6.51. The molecular formula is C22H14N2O2. The van der Waals surface area contributed by atoms with Crippen LogP contribution in [0.1, 0.15) is 31.8 Å². The summed E-state index contributed by atoms with van der Waals surface area (Å²) >= 11 is 0. The molecule has 1 aromatic heterocycles. The molecule has 0 bridgehead atoms. The Hall–Kier alpha value is -3.53. The lowest BCUT2D eigenvalue weighted by Gasteiger charge is -2.13. The second-order valence-corrected chi connectivity index (χ2v) is 6.51. The van der Waals surface area contributed by atoms with Crippen LogP contribution < -0.4 is 0 Å².